The number of carbonyl (C=O) groups is 2. The highest BCUT2D eigenvalue weighted by molar-refractivity contribution is 8.01. The van der Waals surface area contributed by atoms with Crippen molar-refractivity contribution in [2.45, 2.75) is 23.1 Å². The zero-order valence-corrected chi connectivity index (χ0v) is 14.6. The summed E-state index contributed by atoms with van der Waals surface area (Å²) in [5.41, 5.74) is 1.70. The largest absolute Gasteiger partial charge is 0.341 e. The molecule has 7 heteroatoms. The van der Waals surface area contributed by atoms with Crippen LogP contribution in [0.4, 0.5) is 5.69 Å². The molecular formula is C17H16ClN3O2S. The van der Waals surface area contributed by atoms with Gasteiger partial charge in [0.1, 0.15) is 0 Å². The molecule has 1 aliphatic rings. The maximum absolute atomic E-state index is 12.4. The van der Waals surface area contributed by atoms with Crippen molar-refractivity contribution in [2.75, 3.05) is 12.4 Å². The van der Waals surface area contributed by atoms with Gasteiger partial charge in [0.2, 0.25) is 11.8 Å². The molecule has 2 amide bonds. The Kier molecular flexibility index (Phi) is 5.06. The number of nitrogens with zero attached hydrogens (tertiary/aromatic N) is 2. The highest BCUT2D eigenvalue weighted by atomic mass is 35.5. The van der Waals surface area contributed by atoms with E-state index < -0.39 is 5.25 Å². The van der Waals surface area contributed by atoms with E-state index in [1.165, 1.54) is 11.8 Å². The van der Waals surface area contributed by atoms with Crippen LogP contribution in [0.3, 0.4) is 0 Å². The number of hydrogen-bond donors (Lipinski definition) is 1. The van der Waals surface area contributed by atoms with Crippen LogP contribution in [0, 0.1) is 0 Å². The van der Waals surface area contributed by atoms with Gasteiger partial charge in [0.25, 0.3) is 0 Å². The van der Waals surface area contributed by atoms with Gasteiger partial charge in [-0.05, 0) is 35.9 Å². The Morgan fingerprint density at radius 3 is 2.83 bits per heavy atom. The first kappa shape index (κ1) is 16.8. The summed E-state index contributed by atoms with van der Waals surface area (Å²) in [6.07, 6.45) is 3.54. The Hall–Kier alpha value is -2.05. The summed E-state index contributed by atoms with van der Waals surface area (Å²) in [4.78, 5) is 31.2. The molecule has 0 radical (unpaired) electrons. The number of hydrogen-bond acceptors (Lipinski definition) is 4. The first-order valence-corrected chi connectivity index (χ1v) is 8.68. The van der Waals surface area contributed by atoms with Crippen molar-refractivity contribution < 1.29 is 9.59 Å². The van der Waals surface area contributed by atoms with Crippen molar-refractivity contribution in [2.24, 2.45) is 0 Å². The molecule has 0 spiro atoms. The van der Waals surface area contributed by atoms with E-state index >= 15 is 0 Å². The molecule has 0 fully saturated rings. The molecule has 1 N–H and O–H groups in total. The summed E-state index contributed by atoms with van der Waals surface area (Å²) < 4.78 is 0. The smallest absolute Gasteiger partial charge is 0.238 e. The van der Waals surface area contributed by atoms with Crippen LogP contribution in [0.5, 0.6) is 0 Å². The van der Waals surface area contributed by atoms with Crippen LogP contribution in [-0.2, 0) is 16.1 Å². The molecule has 1 aromatic carbocycles. The van der Waals surface area contributed by atoms with Gasteiger partial charge in [0.05, 0.1) is 10.9 Å². The van der Waals surface area contributed by atoms with Gasteiger partial charge in [-0.3, -0.25) is 14.6 Å². The second-order valence-corrected chi connectivity index (χ2v) is 7.23. The number of aromatic nitrogens is 1. The standard InChI is InChI=1S/C17H16ClN3O2S/c1-21(10-11-4-6-19-7-5-11)16(22)9-15-17(23)20-13-8-12(18)2-3-14(13)24-15/h2-8,15H,9-10H2,1H3,(H,20,23). The van der Waals surface area contributed by atoms with Crippen LogP contribution in [-0.4, -0.2) is 34.0 Å². The maximum Gasteiger partial charge on any atom is 0.238 e. The van der Waals surface area contributed by atoms with Gasteiger partial charge >= 0.3 is 0 Å². The average Bonchev–Trinajstić information content (AvgIpc) is 2.56. The fourth-order valence-corrected chi connectivity index (χ4v) is 3.68. The molecule has 3 rings (SSSR count). The third-order valence-corrected chi connectivity index (χ3v) is 5.23. The van der Waals surface area contributed by atoms with Crippen molar-refractivity contribution in [3.8, 4) is 0 Å². The number of nitrogens with one attached hydrogen (secondary N) is 1. The molecule has 124 valence electrons. The Morgan fingerprint density at radius 2 is 2.08 bits per heavy atom. The third kappa shape index (κ3) is 3.88. The van der Waals surface area contributed by atoms with E-state index in [1.807, 2.05) is 18.2 Å². The van der Waals surface area contributed by atoms with Crippen LogP contribution < -0.4 is 5.32 Å². The summed E-state index contributed by atoms with van der Waals surface area (Å²) in [5, 5.41) is 2.95. The number of halogens is 1. The summed E-state index contributed by atoms with van der Waals surface area (Å²) >= 11 is 7.34. The van der Waals surface area contributed by atoms with Crippen LogP contribution in [0.25, 0.3) is 0 Å². The molecule has 0 saturated carbocycles. The lowest BCUT2D eigenvalue weighted by molar-refractivity contribution is -0.131. The zero-order chi connectivity index (χ0) is 17.1. The summed E-state index contributed by atoms with van der Waals surface area (Å²) in [7, 11) is 1.74. The number of amides is 2. The van der Waals surface area contributed by atoms with Crippen LogP contribution in [0.1, 0.15) is 12.0 Å². The minimum atomic E-state index is -0.439. The predicted molar refractivity (Wildman–Crippen MR) is 95.1 cm³/mol. The number of carbonyl (C=O) groups excluding carboxylic acids is 2. The number of benzene rings is 1. The van der Waals surface area contributed by atoms with Gasteiger partial charge in [-0.25, -0.2) is 0 Å². The Balaban J connectivity index is 1.64. The molecular weight excluding hydrogens is 346 g/mol. The molecule has 1 unspecified atom stereocenters. The third-order valence-electron chi connectivity index (χ3n) is 3.72. The lowest BCUT2D eigenvalue weighted by Gasteiger charge is -2.25. The number of pyridine rings is 1. The van der Waals surface area contributed by atoms with E-state index in [0.717, 1.165) is 10.5 Å². The summed E-state index contributed by atoms with van der Waals surface area (Å²) in [6.45, 7) is 0.493. The van der Waals surface area contributed by atoms with E-state index in [1.54, 1.807) is 36.5 Å². The van der Waals surface area contributed by atoms with Gasteiger partial charge in [-0.1, -0.05) is 11.6 Å². The molecule has 2 aromatic rings. The Labute approximate surface area is 149 Å². The molecule has 2 heterocycles. The van der Waals surface area contributed by atoms with Crippen molar-refractivity contribution in [3.63, 3.8) is 0 Å². The van der Waals surface area contributed by atoms with E-state index in [4.69, 9.17) is 11.6 Å². The number of fused-ring (bicyclic) bond motifs is 1. The van der Waals surface area contributed by atoms with E-state index in [-0.39, 0.29) is 18.2 Å². The fraction of sp³-hybridized carbons (Fsp3) is 0.235. The maximum atomic E-state index is 12.4. The van der Waals surface area contributed by atoms with E-state index in [0.29, 0.717) is 17.3 Å². The van der Waals surface area contributed by atoms with Crippen LogP contribution in [0.15, 0.2) is 47.6 Å². The molecule has 0 saturated heterocycles. The Bertz CT molecular complexity index is 770. The number of thioether (sulfide) groups is 1. The lowest BCUT2D eigenvalue weighted by Crippen LogP contribution is -2.35. The van der Waals surface area contributed by atoms with Gasteiger partial charge < -0.3 is 10.2 Å². The fourth-order valence-electron chi connectivity index (χ4n) is 2.42. The van der Waals surface area contributed by atoms with Crippen molar-refractivity contribution >= 4 is 40.9 Å². The van der Waals surface area contributed by atoms with Crippen molar-refractivity contribution in [3.05, 3.63) is 53.3 Å². The molecule has 0 bridgehead atoms. The number of rotatable bonds is 4. The topological polar surface area (TPSA) is 62.3 Å². The molecule has 1 aromatic heterocycles. The van der Waals surface area contributed by atoms with Gasteiger partial charge in [-0.2, -0.15) is 0 Å². The van der Waals surface area contributed by atoms with Gasteiger partial charge in [0.15, 0.2) is 0 Å². The predicted octanol–water partition coefficient (Wildman–Crippen LogP) is 3.20. The molecule has 1 atom stereocenters. The summed E-state index contributed by atoms with van der Waals surface area (Å²) in [5.74, 6) is -0.239. The molecule has 1 aliphatic heterocycles. The first-order chi connectivity index (χ1) is 11.5. The first-order valence-electron chi connectivity index (χ1n) is 7.43. The SMILES string of the molecule is CN(Cc1ccncc1)C(=O)CC1Sc2ccc(Cl)cc2NC1=O. The average molecular weight is 362 g/mol. The number of anilines is 1. The minimum absolute atomic E-state index is 0.0723. The minimum Gasteiger partial charge on any atom is -0.341 e. The quantitative estimate of drug-likeness (QED) is 0.908. The van der Waals surface area contributed by atoms with Gasteiger partial charge in [-0.15, -0.1) is 11.8 Å². The van der Waals surface area contributed by atoms with E-state index in [9.17, 15) is 9.59 Å². The van der Waals surface area contributed by atoms with E-state index in [2.05, 4.69) is 10.3 Å². The van der Waals surface area contributed by atoms with Crippen molar-refractivity contribution in [1.82, 2.24) is 9.88 Å². The lowest BCUT2D eigenvalue weighted by atomic mass is 10.2. The molecule has 5 nitrogen and oxygen atoms in total. The highest BCUT2D eigenvalue weighted by Crippen LogP contribution is 2.38. The van der Waals surface area contributed by atoms with Crippen LogP contribution in [0.2, 0.25) is 5.02 Å². The molecule has 0 aliphatic carbocycles. The zero-order valence-electron chi connectivity index (χ0n) is 13.0. The molecule has 24 heavy (non-hydrogen) atoms. The second kappa shape index (κ2) is 7.23. The monoisotopic (exact) mass is 361 g/mol. The second-order valence-electron chi connectivity index (χ2n) is 5.55. The normalized spacial score (nSPS) is 16.2. The highest BCUT2D eigenvalue weighted by Gasteiger charge is 2.30. The Morgan fingerprint density at radius 1 is 1.33 bits per heavy atom. The van der Waals surface area contributed by atoms with Gasteiger partial charge in [0, 0.05) is 42.3 Å². The summed E-state index contributed by atoms with van der Waals surface area (Å²) in [6, 6.07) is 9.09. The van der Waals surface area contributed by atoms with Crippen molar-refractivity contribution in [1.29, 1.82) is 0 Å². The van der Waals surface area contributed by atoms with Crippen LogP contribution >= 0.6 is 23.4 Å².